The summed E-state index contributed by atoms with van der Waals surface area (Å²) in [4.78, 5) is 13.5. The first-order valence-corrected chi connectivity index (χ1v) is 13.2. The van der Waals surface area contributed by atoms with Crippen LogP contribution in [0.1, 0.15) is 29.8 Å². The lowest BCUT2D eigenvalue weighted by Crippen LogP contribution is -2.47. The molecule has 1 unspecified atom stereocenters. The molecule has 0 spiro atoms. The maximum atomic E-state index is 5.53. The SMILES string of the molecule is COCCN(Cc1ccccn1)C(Cc1ccccc1)C1CCN(Cc2cc3ccccc3[nH]2)CC1. The average Bonchev–Trinajstić information content (AvgIpc) is 3.34. The van der Waals surface area contributed by atoms with Crippen LogP contribution in [0.4, 0.5) is 0 Å². The van der Waals surface area contributed by atoms with Crippen molar-refractivity contribution in [2.45, 2.75) is 38.4 Å². The Labute approximate surface area is 215 Å². The van der Waals surface area contributed by atoms with Crippen LogP contribution in [0.5, 0.6) is 0 Å². The summed E-state index contributed by atoms with van der Waals surface area (Å²) in [7, 11) is 1.80. The molecule has 3 heterocycles. The van der Waals surface area contributed by atoms with Gasteiger partial charge in [0.05, 0.1) is 12.3 Å². The number of fused-ring (bicyclic) bond motifs is 1. The molecule has 0 saturated carbocycles. The van der Waals surface area contributed by atoms with E-state index in [1.807, 2.05) is 12.3 Å². The molecular formula is C31H38N4O. The molecule has 1 aliphatic heterocycles. The minimum atomic E-state index is 0.458. The summed E-state index contributed by atoms with van der Waals surface area (Å²) >= 11 is 0. The summed E-state index contributed by atoms with van der Waals surface area (Å²) in [5.41, 5.74) is 5.08. The Kier molecular flexibility index (Phi) is 8.44. The highest BCUT2D eigenvalue weighted by Gasteiger charge is 2.31. The number of aromatic amines is 1. The van der Waals surface area contributed by atoms with Crippen LogP contribution in [0.3, 0.4) is 0 Å². The Hall–Kier alpha value is -2.99. The van der Waals surface area contributed by atoms with Crippen molar-refractivity contribution in [1.29, 1.82) is 0 Å². The van der Waals surface area contributed by atoms with Gasteiger partial charge in [0.25, 0.3) is 0 Å². The van der Waals surface area contributed by atoms with Crippen molar-refractivity contribution in [3.05, 3.63) is 102 Å². The lowest BCUT2D eigenvalue weighted by molar-refractivity contribution is 0.0562. The predicted octanol–water partition coefficient (Wildman–Crippen LogP) is 5.53. The number of nitrogens with zero attached hydrogens (tertiary/aromatic N) is 3. The summed E-state index contributed by atoms with van der Waals surface area (Å²) in [5, 5.41) is 1.30. The second kappa shape index (κ2) is 12.3. The predicted molar refractivity (Wildman–Crippen MR) is 147 cm³/mol. The minimum absolute atomic E-state index is 0.458. The molecule has 188 valence electrons. The number of aromatic nitrogens is 2. The number of nitrogens with one attached hydrogen (secondary N) is 1. The standard InChI is InChI=1S/C31H38N4O/c1-36-20-19-35(24-28-12-7-8-16-32-28)31(21-25-9-3-2-4-10-25)26-14-17-34(18-15-26)23-29-22-27-11-5-6-13-30(27)33-29/h2-13,16,22,26,31,33H,14-15,17-21,23-24H2,1H3. The number of piperidine rings is 1. The highest BCUT2D eigenvalue weighted by Crippen LogP contribution is 2.29. The number of benzene rings is 2. The van der Waals surface area contributed by atoms with Crippen molar-refractivity contribution in [2.75, 3.05) is 33.4 Å². The van der Waals surface area contributed by atoms with Gasteiger partial charge in [0.15, 0.2) is 0 Å². The van der Waals surface area contributed by atoms with Gasteiger partial charge in [-0.15, -0.1) is 0 Å². The van der Waals surface area contributed by atoms with E-state index in [4.69, 9.17) is 4.74 Å². The fourth-order valence-corrected chi connectivity index (χ4v) is 5.68. The second-order valence-electron chi connectivity index (χ2n) is 10.0. The highest BCUT2D eigenvalue weighted by atomic mass is 16.5. The Morgan fingerprint density at radius 1 is 1.00 bits per heavy atom. The van der Waals surface area contributed by atoms with Gasteiger partial charge in [0.2, 0.25) is 0 Å². The van der Waals surface area contributed by atoms with E-state index < -0.39 is 0 Å². The smallest absolute Gasteiger partial charge is 0.0589 e. The molecule has 5 nitrogen and oxygen atoms in total. The molecule has 5 rings (SSSR count). The van der Waals surface area contributed by atoms with Crippen LogP contribution in [0.25, 0.3) is 10.9 Å². The fraction of sp³-hybridized carbons (Fsp3) is 0.387. The van der Waals surface area contributed by atoms with E-state index in [-0.39, 0.29) is 0 Å². The number of rotatable bonds is 11. The zero-order valence-electron chi connectivity index (χ0n) is 21.4. The van der Waals surface area contributed by atoms with Gasteiger partial charge in [-0.1, -0.05) is 54.6 Å². The molecule has 1 N–H and O–H groups in total. The molecule has 0 radical (unpaired) electrons. The monoisotopic (exact) mass is 482 g/mol. The fourth-order valence-electron chi connectivity index (χ4n) is 5.68. The Morgan fingerprint density at radius 3 is 2.53 bits per heavy atom. The minimum Gasteiger partial charge on any atom is -0.383 e. The number of likely N-dealkylation sites (tertiary alicyclic amines) is 1. The quantitative estimate of drug-likeness (QED) is 0.305. The van der Waals surface area contributed by atoms with E-state index in [1.165, 1.54) is 35.0 Å². The number of para-hydroxylation sites is 1. The van der Waals surface area contributed by atoms with Crippen LogP contribution >= 0.6 is 0 Å². The molecule has 1 aliphatic rings. The molecule has 4 aromatic rings. The number of H-pyrrole nitrogens is 1. The Balaban J connectivity index is 1.29. The van der Waals surface area contributed by atoms with Crippen LogP contribution in [-0.2, 0) is 24.2 Å². The molecule has 0 bridgehead atoms. The molecule has 5 heteroatoms. The van der Waals surface area contributed by atoms with Gasteiger partial charge in [0.1, 0.15) is 0 Å². The maximum Gasteiger partial charge on any atom is 0.0589 e. The first-order valence-electron chi connectivity index (χ1n) is 13.2. The van der Waals surface area contributed by atoms with Crippen LogP contribution < -0.4 is 0 Å². The number of hydrogen-bond acceptors (Lipinski definition) is 4. The van der Waals surface area contributed by atoms with Crippen LogP contribution in [0.2, 0.25) is 0 Å². The van der Waals surface area contributed by atoms with Crippen molar-refractivity contribution in [1.82, 2.24) is 19.8 Å². The van der Waals surface area contributed by atoms with Crippen LogP contribution in [0.15, 0.2) is 85.1 Å². The van der Waals surface area contributed by atoms with E-state index in [1.54, 1.807) is 7.11 Å². The van der Waals surface area contributed by atoms with E-state index >= 15 is 0 Å². The van der Waals surface area contributed by atoms with Crippen LogP contribution in [-0.4, -0.2) is 59.2 Å². The third-order valence-electron chi connectivity index (χ3n) is 7.59. The van der Waals surface area contributed by atoms with Crippen molar-refractivity contribution >= 4 is 10.9 Å². The van der Waals surface area contributed by atoms with Crippen molar-refractivity contribution in [2.24, 2.45) is 5.92 Å². The molecule has 1 atom stereocenters. The molecule has 0 amide bonds. The summed E-state index contributed by atoms with van der Waals surface area (Å²) < 4.78 is 5.53. The highest BCUT2D eigenvalue weighted by molar-refractivity contribution is 5.80. The Bertz CT molecular complexity index is 1150. The number of ether oxygens (including phenoxy) is 1. The zero-order chi connectivity index (χ0) is 24.6. The van der Waals surface area contributed by atoms with E-state index in [2.05, 4.69) is 92.6 Å². The van der Waals surface area contributed by atoms with E-state index in [0.29, 0.717) is 12.0 Å². The van der Waals surface area contributed by atoms with Gasteiger partial charge in [-0.3, -0.25) is 14.8 Å². The Morgan fingerprint density at radius 2 is 1.78 bits per heavy atom. The lowest BCUT2D eigenvalue weighted by Gasteiger charge is -2.41. The topological polar surface area (TPSA) is 44.4 Å². The molecule has 1 fully saturated rings. The largest absolute Gasteiger partial charge is 0.383 e. The molecule has 36 heavy (non-hydrogen) atoms. The molecule has 0 aliphatic carbocycles. The van der Waals surface area contributed by atoms with E-state index in [0.717, 1.165) is 51.4 Å². The van der Waals surface area contributed by atoms with Gasteiger partial charge >= 0.3 is 0 Å². The third-order valence-corrected chi connectivity index (χ3v) is 7.59. The van der Waals surface area contributed by atoms with Crippen molar-refractivity contribution < 1.29 is 4.74 Å². The normalized spacial score (nSPS) is 16.1. The van der Waals surface area contributed by atoms with Gasteiger partial charge in [-0.25, -0.2) is 0 Å². The summed E-state index contributed by atoms with van der Waals surface area (Å²) in [6, 6.07) is 28.5. The van der Waals surface area contributed by atoms with Crippen molar-refractivity contribution in [3.63, 3.8) is 0 Å². The van der Waals surface area contributed by atoms with Crippen molar-refractivity contribution in [3.8, 4) is 0 Å². The van der Waals surface area contributed by atoms with Gasteiger partial charge in [0, 0.05) is 50.2 Å². The number of methoxy groups -OCH3 is 1. The van der Waals surface area contributed by atoms with Crippen LogP contribution in [0, 0.1) is 5.92 Å². The molecule has 2 aromatic carbocycles. The summed E-state index contributed by atoms with van der Waals surface area (Å²) in [5.74, 6) is 0.643. The summed E-state index contributed by atoms with van der Waals surface area (Å²) in [6.07, 6.45) is 5.38. The van der Waals surface area contributed by atoms with Gasteiger partial charge < -0.3 is 9.72 Å². The first-order chi connectivity index (χ1) is 17.8. The maximum absolute atomic E-state index is 5.53. The van der Waals surface area contributed by atoms with E-state index in [9.17, 15) is 0 Å². The summed E-state index contributed by atoms with van der Waals surface area (Å²) in [6.45, 7) is 5.76. The second-order valence-corrected chi connectivity index (χ2v) is 10.0. The third kappa shape index (κ3) is 6.41. The van der Waals surface area contributed by atoms with Gasteiger partial charge in [-0.05, 0) is 73.5 Å². The zero-order valence-corrected chi connectivity index (χ0v) is 21.4. The average molecular weight is 483 g/mol. The lowest BCUT2D eigenvalue weighted by atomic mass is 9.84. The number of hydrogen-bond donors (Lipinski definition) is 1. The number of pyridine rings is 1. The molecule has 1 saturated heterocycles. The molecule has 2 aromatic heterocycles. The molecular weight excluding hydrogens is 444 g/mol. The first kappa shape index (κ1) is 24.7. The van der Waals surface area contributed by atoms with Gasteiger partial charge in [-0.2, -0.15) is 0 Å².